The van der Waals surface area contributed by atoms with Crippen LogP contribution in [0.2, 0.25) is 0 Å². The minimum atomic E-state index is -3.71. The van der Waals surface area contributed by atoms with E-state index in [-0.39, 0.29) is 34.6 Å². The number of rotatable bonds is 7. The van der Waals surface area contributed by atoms with E-state index in [1.807, 2.05) is 0 Å². The molecule has 1 aliphatic rings. The maximum atomic E-state index is 15.1. The Labute approximate surface area is 221 Å². The lowest BCUT2D eigenvalue weighted by atomic mass is 9.78. The third-order valence-corrected chi connectivity index (χ3v) is 10.6. The summed E-state index contributed by atoms with van der Waals surface area (Å²) in [6.07, 6.45) is 6.25. The van der Waals surface area contributed by atoms with Crippen molar-refractivity contribution in [2.75, 3.05) is 11.6 Å². The fraction of sp³-hybridized carbons (Fsp3) is 0.348. The lowest BCUT2D eigenvalue weighted by molar-refractivity contribution is 0.102. The minimum Gasteiger partial charge on any atom is -0.467 e. The van der Waals surface area contributed by atoms with Gasteiger partial charge in [0.1, 0.15) is 16.0 Å². The van der Waals surface area contributed by atoms with Crippen molar-refractivity contribution in [2.45, 2.75) is 37.0 Å². The second kappa shape index (κ2) is 9.94. The van der Waals surface area contributed by atoms with Crippen molar-refractivity contribution in [2.24, 2.45) is 16.6 Å². The minimum absolute atomic E-state index is 0.00588. The third kappa shape index (κ3) is 5.07. The number of benzene rings is 1. The number of halogens is 2. The van der Waals surface area contributed by atoms with E-state index in [0.717, 1.165) is 30.3 Å². The molecule has 0 aliphatic carbocycles. The molecule has 0 radical (unpaired) electrons. The van der Waals surface area contributed by atoms with Crippen LogP contribution in [0.25, 0.3) is 0 Å². The summed E-state index contributed by atoms with van der Waals surface area (Å²) in [4.78, 5) is 29.0. The Morgan fingerprint density at radius 3 is 2.58 bits per heavy atom. The van der Waals surface area contributed by atoms with Crippen LogP contribution in [-0.2, 0) is 22.0 Å². The highest BCUT2D eigenvalue weighted by Crippen LogP contribution is 2.52. The number of aliphatic imine (C=N–C) groups is 1. The summed E-state index contributed by atoms with van der Waals surface area (Å²) in [5.41, 5.74) is 3.90. The molecule has 4 rings (SSSR count). The Bertz CT molecular complexity index is 1500. The van der Waals surface area contributed by atoms with Crippen molar-refractivity contribution in [3.8, 4) is 5.88 Å². The van der Waals surface area contributed by atoms with E-state index in [1.165, 1.54) is 38.6 Å². The van der Waals surface area contributed by atoms with Crippen molar-refractivity contribution in [1.29, 1.82) is 0 Å². The van der Waals surface area contributed by atoms with E-state index < -0.39 is 42.9 Å². The average molecular weight is 567 g/mol. The summed E-state index contributed by atoms with van der Waals surface area (Å²) in [6.45, 7) is 4.52. The Morgan fingerprint density at radius 1 is 1.24 bits per heavy atom. The predicted octanol–water partition coefficient (Wildman–Crippen LogP) is 3.25. The number of amides is 1. The number of nitrogens with two attached hydrogens (primary N) is 1. The van der Waals surface area contributed by atoms with Gasteiger partial charge < -0.3 is 20.2 Å². The first kappa shape index (κ1) is 27.4. The number of aromatic nitrogens is 3. The molecule has 3 atom stereocenters. The van der Waals surface area contributed by atoms with Gasteiger partial charge in [-0.05, 0) is 19.9 Å². The third-order valence-electron chi connectivity index (χ3n) is 6.53. The molecule has 38 heavy (non-hydrogen) atoms. The van der Waals surface area contributed by atoms with E-state index in [0.29, 0.717) is 5.89 Å². The number of nitrogens with zero attached hydrogens (tertiary/aromatic N) is 4. The zero-order valence-corrected chi connectivity index (χ0v) is 22.4. The summed E-state index contributed by atoms with van der Waals surface area (Å²) < 4.78 is 64.1. The van der Waals surface area contributed by atoms with Gasteiger partial charge in [0.2, 0.25) is 11.8 Å². The number of nitrogens with one attached hydrogen (secondary N) is 1. The molecule has 0 fully saturated rings. The molecule has 1 amide bonds. The van der Waals surface area contributed by atoms with Gasteiger partial charge >= 0.3 is 0 Å². The standard InChI is InChI=1S/C23H24F2N6O5S2/c1-12-22(2,31-21(26)37-23(12,3)38(4,33)34)14-7-13(8-15(24)19(14)25)30-20(32)16-9-29-17(10-28-16)36-11-18-27-5-6-35-18/h5-10,12H,11H2,1-4H3,(H2,26,31)(H,30,32)/t12?,22-,23+/m0/s1. The van der Waals surface area contributed by atoms with Crippen molar-refractivity contribution >= 4 is 38.4 Å². The Hall–Kier alpha value is -3.59. The second-order valence-electron chi connectivity index (χ2n) is 8.94. The SMILES string of the molecule is CC1[C@@](C)(S(C)(=O)=O)SC(N)=N[C@]1(C)c1cc(NC(=O)c2cnc(OCc3ncco3)cn2)cc(F)c1F. The van der Waals surface area contributed by atoms with E-state index in [9.17, 15) is 17.6 Å². The van der Waals surface area contributed by atoms with Gasteiger partial charge in [0.15, 0.2) is 33.2 Å². The topological polar surface area (TPSA) is 163 Å². The number of ether oxygens (including phenoxy) is 1. The number of carbonyl (C=O) groups excluding carboxylic acids is 1. The lowest BCUT2D eigenvalue weighted by Crippen LogP contribution is -2.52. The van der Waals surface area contributed by atoms with Gasteiger partial charge in [-0.2, -0.15) is 0 Å². The molecule has 3 aromatic rings. The molecule has 1 aliphatic heterocycles. The molecule has 3 N–H and O–H groups in total. The molecule has 0 saturated heterocycles. The Balaban J connectivity index is 1.60. The monoisotopic (exact) mass is 566 g/mol. The molecule has 2 aromatic heterocycles. The van der Waals surface area contributed by atoms with E-state index in [4.69, 9.17) is 14.9 Å². The zero-order valence-electron chi connectivity index (χ0n) is 20.7. The van der Waals surface area contributed by atoms with Crippen molar-refractivity contribution < 1.29 is 31.1 Å². The molecular weight excluding hydrogens is 542 g/mol. The fourth-order valence-electron chi connectivity index (χ4n) is 4.04. The molecular formula is C23H24F2N6O5S2. The number of oxazole rings is 1. The van der Waals surface area contributed by atoms with Gasteiger partial charge in [-0.1, -0.05) is 18.7 Å². The van der Waals surface area contributed by atoms with Crippen molar-refractivity contribution in [3.05, 3.63) is 65.8 Å². The van der Waals surface area contributed by atoms with E-state index in [1.54, 1.807) is 6.92 Å². The van der Waals surface area contributed by atoms with Crippen LogP contribution in [0.4, 0.5) is 14.5 Å². The molecule has 15 heteroatoms. The van der Waals surface area contributed by atoms with Crippen LogP contribution in [-0.4, -0.2) is 44.8 Å². The number of hydrogen-bond acceptors (Lipinski definition) is 11. The van der Waals surface area contributed by atoms with Crippen LogP contribution in [0.15, 0.2) is 46.4 Å². The van der Waals surface area contributed by atoms with Crippen LogP contribution in [0.5, 0.6) is 5.88 Å². The van der Waals surface area contributed by atoms with Crippen molar-refractivity contribution in [1.82, 2.24) is 15.0 Å². The summed E-state index contributed by atoms with van der Waals surface area (Å²) in [6, 6.07) is 2.00. The highest BCUT2D eigenvalue weighted by Gasteiger charge is 2.55. The highest BCUT2D eigenvalue weighted by molar-refractivity contribution is 8.23. The van der Waals surface area contributed by atoms with Gasteiger partial charge in [-0.3, -0.25) is 9.79 Å². The first-order valence-electron chi connectivity index (χ1n) is 11.1. The lowest BCUT2D eigenvalue weighted by Gasteiger charge is -2.46. The van der Waals surface area contributed by atoms with Crippen LogP contribution < -0.4 is 15.8 Å². The number of sulfone groups is 1. The molecule has 3 heterocycles. The number of amidine groups is 1. The molecule has 0 spiro atoms. The molecule has 202 valence electrons. The summed E-state index contributed by atoms with van der Waals surface area (Å²) in [7, 11) is -3.71. The maximum absolute atomic E-state index is 15.1. The van der Waals surface area contributed by atoms with Gasteiger partial charge in [0.05, 0.1) is 24.1 Å². The number of hydrogen-bond donors (Lipinski definition) is 2. The summed E-state index contributed by atoms with van der Waals surface area (Å²) >= 11 is 0.846. The molecule has 1 aromatic carbocycles. The first-order valence-corrected chi connectivity index (χ1v) is 13.8. The van der Waals surface area contributed by atoms with E-state index >= 15 is 4.39 Å². The van der Waals surface area contributed by atoms with Crippen LogP contribution in [0.1, 0.15) is 42.7 Å². The Morgan fingerprint density at radius 2 is 1.97 bits per heavy atom. The van der Waals surface area contributed by atoms with Crippen LogP contribution in [0.3, 0.4) is 0 Å². The fourth-order valence-corrected chi connectivity index (χ4v) is 6.83. The van der Waals surface area contributed by atoms with Crippen LogP contribution in [0, 0.1) is 17.6 Å². The molecule has 1 unspecified atom stereocenters. The number of carbonyl (C=O) groups is 1. The number of thioether (sulfide) groups is 1. The largest absolute Gasteiger partial charge is 0.467 e. The van der Waals surface area contributed by atoms with Crippen LogP contribution >= 0.6 is 11.8 Å². The number of anilines is 1. The molecule has 0 bridgehead atoms. The quantitative estimate of drug-likeness (QED) is 0.434. The second-order valence-corrected chi connectivity index (χ2v) is 13.1. The van der Waals surface area contributed by atoms with E-state index in [2.05, 4.69) is 25.3 Å². The summed E-state index contributed by atoms with van der Waals surface area (Å²) in [5, 5.41) is 2.37. The summed E-state index contributed by atoms with van der Waals surface area (Å²) in [5.74, 6) is -3.65. The maximum Gasteiger partial charge on any atom is 0.275 e. The van der Waals surface area contributed by atoms with Gasteiger partial charge in [0, 0.05) is 29.5 Å². The van der Waals surface area contributed by atoms with Gasteiger partial charge in [-0.15, -0.1) is 0 Å². The first-order chi connectivity index (χ1) is 17.7. The average Bonchev–Trinajstić information content (AvgIpc) is 3.36. The molecule has 11 nitrogen and oxygen atoms in total. The highest BCUT2D eigenvalue weighted by atomic mass is 32.3. The van der Waals surface area contributed by atoms with Gasteiger partial charge in [0.25, 0.3) is 5.91 Å². The van der Waals surface area contributed by atoms with Crippen molar-refractivity contribution in [3.63, 3.8) is 0 Å². The predicted molar refractivity (Wildman–Crippen MR) is 136 cm³/mol. The molecule has 0 saturated carbocycles. The zero-order chi connectivity index (χ0) is 27.9. The van der Waals surface area contributed by atoms with Gasteiger partial charge in [-0.25, -0.2) is 32.2 Å². The normalized spacial score (nSPS) is 23.5. The smallest absolute Gasteiger partial charge is 0.275 e. The Kier molecular flexibility index (Phi) is 7.18.